The number of esters is 1. The summed E-state index contributed by atoms with van der Waals surface area (Å²) >= 11 is 0. The second-order valence-corrected chi connectivity index (χ2v) is 6.10. The second kappa shape index (κ2) is 7.87. The zero-order chi connectivity index (χ0) is 19.4. The molecule has 138 valence electrons. The molecule has 0 spiro atoms. The molecule has 2 aromatic rings. The van der Waals surface area contributed by atoms with Gasteiger partial charge in [-0.1, -0.05) is 12.1 Å². The van der Waals surface area contributed by atoms with Gasteiger partial charge in [-0.25, -0.2) is 9.18 Å². The van der Waals surface area contributed by atoms with Gasteiger partial charge in [-0.15, -0.1) is 0 Å². The summed E-state index contributed by atoms with van der Waals surface area (Å²) in [7, 11) is 1.36. The van der Waals surface area contributed by atoms with Crippen molar-refractivity contribution < 1.29 is 18.7 Å². The van der Waals surface area contributed by atoms with Gasteiger partial charge in [0, 0.05) is 30.9 Å². The second-order valence-electron chi connectivity index (χ2n) is 6.10. The van der Waals surface area contributed by atoms with Gasteiger partial charge in [0.05, 0.1) is 12.7 Å². The van der Waals surface area contributed by atoms with Gasteiger partial charge in [0.2, 0.25) is 0 Å². The lowest BCUT2D eigenvalue weighted by molar-refractivity contribution is -0.140. The molecule has 0 aliphatic carbocycles. The fourth-order valence-electron chi connectivity index (χ4n) is 2.97. The Morgan fingerprint density at radius 2 is 1.78 bits per heavy atom. The van der Waals surface area contributed by atoms with E-state index in [0.717, 1.165) is 11.3 Å². The average molecular weight is 367 g/mol. The van der Waals surface area contributed by atoms with Crippen LogP contribution in [-0.4, -0.2) is 32.2 Å². The molecule has 1 aliphatic rings. The van der Waals surface area contributed by atoms with Gasteiger partial charge in [-0.2, -0.15) is 5.26 Å². The summed E-state index contributed by atoms with van der Waals surface area (Å²) in [5, 5.41) is 8.82. The lowest BCUT2D eigenvalue weighted by Crippen LogP contribution is -2.31. The topological polar surface area (TPSA) is 73.6 Å². The summed E-state index contributed by atoms with van der Waals surface area (Å²) in [5.74, 6) is -0.907. The standard InChI is InChI=1S/C20H18FN3O3/c1-27-19(25)9-4-14-2-6-16(7-3-14)23-10-11-24(20(23)26)17-8-5-15(13-22)18(21)12-17/h2-3,5-8,12H,4,9-11H2,1H3. The number of urea groups is 1. The lowest BCUT2D eigenvalue weighted by atomic mass is 10.1. The van der Waals surface area contributed by atoms with Crippen molar-refractivity contribution in [3.8, 4) is 6.07 Å². The molecular formula is C20H18FN3O3. The number of anilines is 2. The highest BCUT2D eigenvalue weighted by Gasteiger charge is 2.31. The molecule has 0 saturated carbocycles. The van der Waals surface area contributed by atoms with E-state index in [1.54, 1.807) is 17.0 Å². The van der Waals surface area contributed by atoms with Crippen LogP contribution in [0.1, 0.15) is 17.5 Å². The first-order chi connectivity index (χ1) is 13.0. The number of aryl methyl sites for hydroxylation is 1. The monoisotopic (exact) mass is 367 g/mol. The molecule has 1 fully saturated rings. The van der Waals surface area contributed by atoms with Crippen LogP contribution in [0.2, 0.25) is 0 Å². The van der Waals surface area contributed by atoms with Crippen molar-refractivity contribution in [2.45, 2.75) is 12.8 Å². The highest BCUT2D eigenvalue weighted by molar-refractivity contribution is 6.06. The molecule has 0 bridgehead atoms. The van der Waals surface area contributed by atoms with Crippen LogP contribution in [0, 0.1) is 17.1 Å². The Bertz CT molecular complexity index is 906. The Labute approximate surface area is 156 Å². The van der Waals surface area contributed by atoms with Crippen LogP contribution in [0.4, 0.5) is 20.6 Å². The molecule has 1 saturated heterocycles. The van der Waals surface area contributed by atoms with Gasteiger partial charge in [-0.05, 0) is 42.3 Å². The SMILES string of the molecule is COC(=O)CCc1ccc(N2CCN(c3ccc(C#N)c(F)c3)C2=O)cc1. The summed E-state index contributed by atoms with van der Waals surface area (Å²) in [4.78, 5) is 27.0. The first-order valence-corrected chi connectivity index (χ1v) is 8.48. The number of carbonyl (C=O) groups is 2. The number of ether oxygens (including phenoxy) is 1. The maximum atomic E-state index is 13.8. The molecule has 27 heavy (non-hydrogen) atoms. The zero-order valence-electron chi connectivity index (χ0n) is 14.8. The Balaban J connectivity index is 1.70. The van der Waals surface area contributed by atoms with E-state index < -0.39 is 5.82 Å². The number of halogens is 1. The molecule has 7 heteroatoms. The third-order valence-corrected chi connectivity index (χ3v) is 4.49. The average Bonchev–Trinajstić information content (AvgIpc) is 3.07. The number of hydrogen-bond donors (Lipinski definition) is 0. The smallest absolute Gasteiger partial charge is 0.329 e. The summed E-state index contributed by atoms with van der Waals surface area (Å²) < 4.78 is 18.5. The lowest BCUT2D eigenvalue weighted by Gasteiger charge is -2.19. The molecule has 0 radical (unpaired) electrons. The maximum Gasteiger partial charge on any atom is 0.329 e. The van der Waals surface area contributed by atoms with E-state index in [0.29, 0.717) is 31.6 Å². The minimum atomic E-state index is -0.642. The van der Waals surface area contributed by atoms with E-state index >= 15 is 0 Å². The number of methoxy groups -OCH3 is 1. The van der Waals surface area contributed by atoms with Gasteiger partial charge in [-0.3, -0.25) is 14.6 Å². The third-order valence-electron chi connectivity index (χ3n) is 4.49. The predicted molar refractivity (Wildman–Crippen MR) is 98.0 cm³/mol. The normalized spacial score (nSPS) is 13.6. The van der Waals surface area contributed by atoms with E-state index in [4.69, 9.17) is 5.26 Å². The summed E-state index contributed by atoms with van der Waals surface area (Å²) in [5.41, 5.74) is 2.08. The van der Waals surface area contributed by atoms with Crippen LogP contribution < -0.4 is 9.80 Å². The molecule has 0 atom stereocenters. The number of amides is 2. The van der Waals surface area contributed by atoms with Crippen molar-refractivity contribution in [3.05, 3.63) is 59.4 Å². The molecule has 0 N–H and O–H groups in total. The number of benzene rings is 2. The first-order valence-electron chi connectivity index (χ1n) is 8.48. The summed E-state index contributed by atoms with van der Waals surface area (Å²) in [6.07, 6.45) is 0.869. The van der Waals surface area contributed by atoms with E-state index in [1.807, 2.05) is 24.3 Å². The van der Waals surface area contributed by atoms with Crippen LogP contribution >= 0.6 is 0 Å². The first kappa shape index (κ1) is 18.4. The summed E-state index contributed by atoms with van der Waals surface area (Å²) in [6, 6.07) is 13.1. The Hall–Kier alpha value is -3.40. The number of nitriles is 1. The van der Waals surface area contributed by atoms with E-state index in [1.165, 1.54) is 24.1 Å². The molecule has 3 rings (SSSR count). The number of carbonyl (C=O) groups excluding carboxylic acids is 2. The number of rotatable bonds is 5. The quantitative estimate of drug-likeness (QED) is 0.761. The fraction of sp³-hybridized carbons (Fsp3) is 0.250. The highest BCUT2D eigenvalue weighted by atomic mass is 19.1. The Morgan fingerprint density at radius 1 is 1.15 bits per heavy atom. The van der Waals surface area contributed by atoms with Crippen molar-refractivity contribution in [3.63, 3.8) is 0 Å². The molecule has 6 nitrogen and oxygen atoms in total. The zero-order valence-corrected chi connectivity index (χ0v) is 14.8. The largest absolute Gasteiger partial charge is 0.469 e. The van der Waals surface area contributed by atoms with Crippen LogP contribution in [0.15, 0.2) is 42.5 Å². The summed E-state index contributed by atoms with van der Waals surface area (Å²) in [6.45, 7) is 0.899. The van der Waals surface area contributed by atoms with Crippen LogP contribution in [0.25, 0.3) is 0 Å². The van der Waals surface area contributed by atoms with Crippen molar-refractivity contribution in [2.24, 2.45) is 0 Å². The Kier molecular flexibility index (Phi) is 5.36. The Morgan fingerprint density at radius 3 is 2.37 bits per heavy atom. The molecule has 0 aromatic heterocycles. The molecule has 2 amide bonds. The third kappa shape index (κ3) is 3.90. The van der Waals surface area contributed by atoms with E-state index in [2.05, 4.69) is 4.74 Å². The van der Waals surface area contributed by atoms with Crippen molar-refractivity contribution in [1.82, 2.24) is 0 Å². The molecule has 1 aliphatic heterocycles. The van der Waals surface area contributed by atoms with Gasteiger partial charge in [0.1, 0.15) is 11.9 Å². The van der Waals surface area contributed by atoms with E-state index in [-0.39, 0.29) is 17.6 Å². The van der Waals surface area contributed by atoms with Crippen molar-refractivity contribution in [1.29, 1.82) is 5.26 Å². The molecule has 2 aromatic carbocycles. The predicted octanol–water partition coefficient (Wildman–Crippen LogP) is 3.25. The number of hydrogen-bond acceptors (Lipinski definition) is 4. The minimum absolute atomic E-state index is 0.0511. The molecule has 1 heterocycles. The minimum Gasteiger partial charge on any atom is -0.469 e. The number of nitrogens with zero attached hydrogens (tertiary/aromatic N) is 3. The van der Waals surface area contributed by atoms with Crippen LogP contribution in [0.5, 0.6) is 0 Å². The molecular weight excluding hydrogens is 349 g/mol. The highest BCUT2D eigenvalue weighted by Crippen LogP contribution is 2.26. The van der Waals surface area contributed by atoms with Crippen molar-refractivity contribution >= 4 is 23.4 Å². The van der Waals surface area contributed by atoms with Crippen LogP contribution in [-0.2, 0) is 16.0 Å². The van der Waals surface area contributed by atoms with E-state index in [9.17, 15) is 14.0 Å². The fourth-order valence-corrected chi connectivity index (χ4v) is 2.97. The van der Waals surface area contributed by atoms with Gasteiger partial charge >= 0.3 is 12.0 Å². The van der Waals surface area contributed by atoms with Gasteiger partial charge in [0.25, 0.3) is 0 Å². The molecule has 0 unspecified atom stereocenters. The van der Waals surface area contributed by atoms with Gasteiger partial charge < -0.3 is 4.74 Å². The van der Waals surface area contributed by atoms with Gasteiger partial charge in [0.15, 0.2) is 0 Å². The van der Waals surface area contributed by atoms with Crippen LogP contribution in [0.3, 0.4) is 0 Å². The maximum absolute atomic E-state index is 13.8. The van der Waals surface area contributed by atoms with Crippen molar-refractivity contribution in [2.75, 3.05) is 30.0 Å².